The summed E-state index contributed by atoms with van der Waals surface area (Å²) >= 11 is 6.36. The molecule has 194 valence electrons. The van der Waals surface area contributed by atoms with Crippen LogP contribution in [0.5, 0.6) is 23.0 Å². The molecule has 0 aliphatic carbocycles. The number of amides is 2. The highest BCUT2D eigenvalue weighted by atomic mass is 35.5. The Bertz CT molecular complexity index is 1300. The molecule has 6 nitrogen and oxygen atoms in total. The predicted molar refractivity (Wildman–Crippen MR) is 143 cm³/mol. The number of benzene rings is 3. The first-order chi connectivity index (χ1) is 17.8. The van der Waals surface area contributed by atoms with Gasteiger partial charge in [-0.15, -0.1) is 0 Å². The second-order valence-electron chi connectivity index (χ2n) is 8.55. The van der Waals surface area contributed by atoms with Gasteiger partial charge in [0.2, 0.25) is 0 Å². The molecule has 0 bridgehead atoms. The van der Waals surface area contributed by atoms with Crippen molar-refractivity contribution < 1.29 is 28.2 Å². The van der Waals surface area contributed by atoms with Crippen LogP contribution < -0.4 is 19.5 Å². The fourth-order valence-electron chi connectivity index (χ4n) is 3.86. The normalized spacial score (nSPS) is 17.0. The summed E-state index contributed by atoms with van der Waals surface area (Å²) in [6, 6.07) is 17.4. The first kappa shape index (κ1) is 26.8. The molecule has 3 aromatic rings. The Morgan fingerprint density at radius 2 is 1.76 bits per heavy atom. The minimum atomic E-state index is -2.45. The fourth-order valence-corrected chi connectivity index (χ4v) is 4.87. The molecular formula is C28H27ClFNO5S. The van der Waals surface area contributed by atoms with Crippen LogP contribution in [0.3, 0.4) is 0 Å². The number of hydrogen-bond acceptors (Lipinski definition) is 6. The minimum absolute atomic E-state index is 0.0647. The number of carbonyl (C=O) groups excluding carboxylic acids is 2. The molecule has 1 heterocycles. The van der Waals surface area contributed by atoms with Gasteiger partial charge in [-0.25, -0.2) is 4.39 Å². The van der Waals surface area contributed by atoms with E-state index >= 15 is 4.39 Å². The number of nitrogens with one attached hydrogen (secondary N) is 1. The van der Waals surface area contributed by atoms with E-state index in [0.717, 1.165) is 41.2 Å². The summed E-state index contributed by atoms with van der Waals surface area (Å²) in [7, 11) is 0. The Kier molecular flexibility index (Phi) is 8.61. The summed E-state index contributed by atoms with van der Waals surface area (Å²) in [6.45, 7) is 4.81. The molecule has 1 unspecified atom stereocenters. The van der Waals surface area contributed by atoms with Gasteiger partial charge in [0.15, 0.2) is 0 Å². The molecule has 0 saturated carbocycles. The highest BCUT2D eigenvalue weighted by Crippen LogP contribution is 2.43. The number of hydrogen-bond donors (Lipinski definition) is 1. The smallest absolute Gasteiger partial charge is 0.289 e. The number of aryl methyl sites for hydroxylation is 2. The summed E-state index contributed by atoms with van der Waals surface area (Å²) in [5.74, 6) is 1.70. The molecule has 4 rings (SSSR count). The van der Waals surface area contributed by atoms with Crippen molar-refractivity contribution in [1.82, 2.24) is 5.32 Å². The Labute approximate surface area is 224 Å². The van der Waals surface area contributed by atoms with Crippen molar-refractivity contribution in [3.63, 3.8) is 0 Å². The maximum atomic E-state index is 15.0. The topological polar surface area (TPSA) is 73.9 Å². The second-order valence-corrected chi connectivity index (χ2v) is 10.1. The van der Waals surface area contributed by atoms with E-state index in [2.05, 4.69) is 6.92 Å². The van der Waals surface area contributed by atoms with Crippen LogP contribution in [0.4, 0.5) is 9.18 Å². The molecule has 0 radical (unpaired) electrons. The van der Waals surface area contributed by atoms with Crippen LogP contribution in [0.1, 0.15) is 36.5 Å². The maximum Gasteiger partial charge on any atom is 0.289 e. The molecular weight excluding hydrogens is 517 g/mol. The average molecular weight is 544 g/mol. The van der Waals surface area contributed by atoms with Crippen LogP contribution in [0, 0.1) is 6.92 Å². The molecule has 1 aliphatic heterocycles. The van der Waals surface area contributed by atoms with Gasteiger partial charge in [0.1, 0.15) is 23.0 Å². The third-order valence-corrected chi connectivity index (χ3v) is 6.90. The number of alkyl halides is 1. The fraction of sp³-hybridized carbons (Fsp3) is 0.286. The van der Waals surface area contributed by atoms with Crippen molar-refractivity contribution >= 4 is 34.5 Å². The second kappa shape index (κ2) is 11.9. The van der Waals surface area contributed by atoms with Gasteiger partial charge >= 0.3 is 0 Å². The van der Waals surface area contributed by atoms with Crippen molar-refractivity contribution in [2.24, 2.45) is 0 Å². The summed E-state index contributed by atoms with van der Waals surface area (Å²) in [5, 5.41) is -0.516. The maximum absolute atomic E-state index is 15.0. The van der Waals surface area contributed by atoms with Gasteiger partial charge in [-0.3, -0.25) is 14.9 Å². The Morgan fingerprint density at radius 1 is 0.973 bits per heavy atom. The van der Waals surface area contributed by atoms with E-state index in [9.17, 15) is 9.59 Å². The molecule has 1 aliphatic rings. The standard InChI is InChI=1S/C28H27ClFNO5S/c1-3-6-19-16-23(36-24-11-9-21(29)15-18(24)2)10-12-25(19)35-14-5-13-34-22-8-4-7-20(17-22)28(30)26(32)31-27(33)37-28/h4,7-12,15-17H,3,5-6,13-14H2,1-2H3,(H,31,32,33). The largest absolute Gasteiger partial charge is 0.493 e. The van der Waals surface area contributed by atoms with Crippen LogP contribution in [0.25, 0.3) is 0 Å². The number of ether oxygens (including phenoxy) is 3. The molecule has 1 N–H and O–H groups in total. The average Bonchev–Trinajstić information content (AvgIpc) is 3.14. The summed E-state index contributed by atoms with van der Waals surface area (Å²) in [6.07, 6.45) is 2.39. The van der Waals surface area contributed by atoms with Gasteiger partial charge in [0, 0.05) is 17.0 Å². The third kappa shape index (κ3) is 6.56. The number of rotatable bonds is 11. The Hall–Kier alpha value is -3.23. The van der Waals surface area contributed by atoms with Gasteiger partial charge < -0.3 is 14.2 Å². The lowest BCUT2D eigenvalue weighted by Crippen LogP contribution is -2.30. The van der Waals surface area contributed by atoms with Crippen molar-refractivity contribution in [2.75, 3.05) is 13.2 Å². The zero-order chi connectivity index (χ0) is 26.4. The van der Waals surface area contributed by atoms with Crippen LogP contribution in [0.2, 0.25) is 5.02 Å². The molecule has 1 fully saturated rings. The van der Waals surface area contributed by atoms with E-state index in [-0.39, 0.29) is 5.56 Å². The minimum Gasteiger partial charge on any atom is -0.493 e. The molecule has 37 heavy (non-hydrogen) atoms. The van der Waals surface area contributed by atoms with Crippen LogP contribution in [0.15, 0.2) is 60.7 Å². The molecule has 9 heteroatoms. The lowest BCUT2D eigenvalue weighted by molar-refractivity contribution is -0.126. The Morgan fingerprint density at radius 3 is 2.49 bits per heavy atom. The quantitative estimate of drug-likeness (QED) is 0.255. The monoisotopic (exact) mass is 543 g/mol. The van der Waals surface area contributed by atoms with Gasteiger partial charge in [0.25, 0.3) is 16.1 Å². The van der Waals surface area contributed by atoms with Crippen molar-refractivity contribution in [2.45, 2.75) is 38.1 Å². The van der Waals surface area contributed by atoms with E-state index < -0.39 is 16.1 Å². The van der Waals surface area contributed by atoms with Crippen LogP contribution >= 0.6 is 23.4 Å². The molecule has 0 aromatic heterocycles. The third-order valence-electron chi connectivity index (χ3n) is 5.68. The highest BCUT2D eigenvalue weighted by molar-refractivity contribution is 8.15. The van der Waals surface area contributed by atoms with Gasteiger partial charge in [-0.1, -0.05) is 37.1 Å². The van der Waals surface area contributed by atoms with Gasteiger partial charge in [-0.05, 0) is 84.8 Å². The zero-order valence-corrected chi connectivity index (χ0v) is 22.1. The van der Waals surface area contributed by atoms with E-state index in [4.69, 9.17) is 25.8 Å². The van der Waals surface area contributed by atoms with Gasteiger partial charge in [-0.2, -0.15) is 0 Å². The molecule has 2 amide bonds. The van der Waals surface area contributed by atoms with E-state index in [1.54, 1.807) is 18.2 Å². The van der Waals surface area contributed by atoms with Crippen molar-refractivity contribution in [3.05, 3.63) is 82.4 Å². The SMILES string of the molecule is CCCc1cc(Oc2ccc(Cl)cc2C)ccc1OCCCOc1cccc(C2(F)SC(=O)NC2=O)c1. The first-order valence-electron chi connectivity index (χ1n) is 11.9. The van der Waals surface area contributed by atoms with E-state index in [1.165, 1.54) is 12.1 Å². The van der Waals surface area contributed by atoms with Crippen LogP contribution in [-0.2, 0) is 16.2 Å². The molecule has 0 spiro atoms. The van der Waals surface area contributed by atoms with Crippen molar-refractivity contribution in [1.29, 1.82) is 0 Å². The van der Waals surface area contributed by atoms with E-state index in [1.807, 2.05) is 42.6 Å². The number of halogens is 2. The predicted octanol–water partition coefficient (Wildman–Crippen LogP) is 7.35. The van der Waals surface area contributed by atoms with Crippen LogP contribution in [-0.4, -0.2) is 24.4 Å². The number of imide groups is 1. The lowest BCUT2D eigenvalue weighted by atomic mass is 10.1. The number of carbonyl (C=O) groups is 2. The molecule has 1 atom stereocenters. The van der Waals surface area contributed by atoms with Crippen molar-refractivity contribution in [3.8, 4) is 23.0 Å². The summed E-state index contributed by atoms with van der Waals surface area (Å²) in [4.78, 5) is 23.3. The summed E-state index contributed by atoms with van der Waals surface area (Å²) in [5.41, 5.74) is 2.07. The van der Waals surface area contributed by atoms with E-state index in [0.29, 0.717) is 42.2 Å². The first-order valence-corrected chi connectivity index (χ1v) is 13.1. The molecule has 3 aromatic carbocycles. The number of thioether (sulfide) groups is 1. The molecule has 1 saturated heterocycles. The van der Waals surface area contributed by atoms with Gasteiger partial charge in [0.05, 0.1) is 13.2 Å². The lowest BCUT2D eigenvalue weighted by Gasteiger charge is -2.16. The zero-order valence-electron chi connectivity index (χ0n) is 20.5. The Balaban J connectivity index is 1.31. The highest BCUT2D eigenvalue weighted by Gasteiger charge is 2.50. The summed E-state index contributed by atoms with van der Waals surface area (Å²) < 4.78 is 32.8.